The molecule has 6 heteroatoms. The molecule has 6 rings (SSSR count). The zero-order chi connectivity index (χ0) is 27.7. The third kappa shape index (κ3) is 3.97. The molecule has 39 heavy (non-hydrogen) atoms. The summed E-state index contributed by atoms with van der Waals surface area (Å²) in [6.07, 6.45) is -2.74. The average Bonchev–Trinajstić information content (AvgIpc) is 3.22. The lowest BCUT2D eigenvalue weighted by Gasteiger charge is -2.24. The van der Waals surface area contributed by atoms with Crippen molar-refractivity contribution in [2.75, 3.05) is 0 Å². The second-order valence-corrected chi connectivity index (χ2v) is 11.2. The van der Waals surface area contributed by atoms with E-state index in [4.69, 9.17) is 4.98 Å². The Kier molecular flexibility index (Phi) is 5.58. The molecule has 0 aliphatic heterocycles. The lowest BCUT2D eigenvalue weighted by atomic mass is 9.80. The largest absolute Gasteiger partial charge is 0.416 e. The quantitative estimate of drug-likeness (QED) is 0.208. The van der Waals surface area contributed by atoms with Gasteiger partial charge < -0.3 is 4.57 Å². The summed E-state index contributed by atoms with van der Waals surface area (Å²) < 4.78 is 45.4. The molecule has 0 saturated carbocycles. The molecular weight excluding hydrogens is 495 g/mol. The molecule has 0 saturated heterocycles. The highest BCUT2D eigenvalue weighted by atomic mass is 19.4. The van der Waals surface area contributed by atoms with Crippen LogP contribution in [0, 0.1) is 6.92 Å². The normalized spacial score (nSPS) is 12.6. The molecule has 0 bridgehead atoms. The number of rotatable bonds is 2. The SMILES string of the molecule is Cc1c(-c2c3c(nc[n+]2C)c2cc(C(F)(F)F)ccc2n3-c2ccccc2)cc(C(C)(C)C)c2ccccc12. The van der Waals surface area contributed by atoms with Gasteiger partial charge in [0.25, 0.3) is 6.33 Å². The minimum Gasteiger partial charge on any atom is -0.302 e. The molecule has 0 fully saturated rings. The van der Waals surface area contributed by atoms with Gasteiger partial charge in [0, 0.05) is 11.3 Å². The topological polar surface area (TPSA) is 21.7 Å². The van der Waals surface area contributed by atoms with Crippen molar-refractivity contribution in [1.82, 2.24) is 9.55 Å². The van der Waals surface area contributed by atoms with Gasteiger partial charge in [0.05, 0.1) is 23.5 Å². The molecule has 6 aromatic rings. The molecule has 2 aromatic heterocycles. The lowest BCUT2D eigenvalue weighted by molar-refractivity contribution is -0.662. The number of aromatic nitrogens is 3. The smallest absolute Gasteiger partial charge is 0.302 e. The number of alkyl halides is 3. The molecule has 4 aromatic carbocycles. The van der Waals surface area contributed by atoms with E-state index in [2.05, 4.69) is 52.0 Å². The Morgan fingerprint density at radius 1 is 0.795 bits per heavy atom. The maximum absolute atomic E-state index is 13.8. The van der Waals surface area contributed by atoms with Gasteiger partial charge in [-0.25, -0.2) is 4.57 Å². The van der Waals surface area contributed by atoms with Crippen molar-refractivity contribution in [3.8, 4) is 16.9 Å². The molecule has 0 amide bonds. The van der Waals surface area contributed by atoms with Gasteiger partial charge >= 0.3 is 6.18 Å². The van der Waals surface area contributed by atoms with E-state index < -0.39 is 11.7 Å². The Morgan fingerprint density at radius 3 is 2.13 bits per heavy atom. The van der Waals surface area contributed by atoms with Crippen LogP contribution in [0.4, 0.5) is 13.2 Å². The minimum absolute atomic E-state index is 0.124. The van der Waals surface area contributed by atoms with Crippen LogP contribution in [0.25, 0.3) is 49.7 Å². The molecule has 2 heterocycles. The van der Waals surface area contributed by atoms with E-state index in [1.807, 2.05) is 52.6 Å². The maximum Gasteiger partial charge on any atom is 0.416 e. The fourth-order valence-electron chi connectivity index (χ4n) is 5.72. The highest BCUT2D eigenvalue weighted by Gasteiger charge is 2.33. The summed E-state index contributed by atoms with van der Waals surface area (Å²) in [6, 6.07) is 24.4. The van der Waals surface area contributed by atoms with Crippen LogP contribution in [0.3, 0.4) is 0 Å². The first-order valence-corrected chi connectivity index (χ1v) is 13.0. The van der Waals surface area contributed by atoms with Crippen molar-refractivity contribution in [2.45, 2.75) is 39.3 Å². The first kappa shape index (κ1) is 25.1. The van der Waals surface area contributed by atoms with Gasteiger partial charge in [-0.2, -0.15) is 13.2 Å². The summed E-state index contributed by atoms with van der Waals surface area (Å²) in [5.74, 6) is 0. The Morgan fingerprint density at radius 2 is 1.46 bits per heavy atom. The fourth-order valence-corrected chi connectivity index (χ4v) is 5.72. The molecule has 196 valence electrons. The number of nitrogens with zero attached hydrogens (tertiary/aromatic N) is 3. The van der Waals surface area contributed by atoms with E-state index in [-0.39, 0.29) is 5.41 Å². The van der Waals surface area contributed by atoms with Gasteiger partial charge in [-0.15, -0.1) is 0 Å². The highest BCUT2D eigenvalue weighted by molar-refractivity contribution is 6.11. The summed E-state index contributed by atoms with van der Waals surface area (Å²) in [4.78, 5) is 4.70. The number of para-hydroxylation sites is 1. The van der Waals surface area contributed by atoms with Crippen LogP contribution in [0.5, 0.6) is 0 Å². The van der Waals surface area contributed by atoms with Crippen LogP contribution in [-0.4, -0.2) is 9.55 Å². The Bertz CT molecular complexity index is 1890. The van der Waals surface area contributed by atoms with E-state index in [0.717, 1.165) is 39.5 Å². The number of fused-ring (bicyclic) bond motifs is 4. The Hall–Kier alpha value is -4.19. The summed E-state index contributed by atoms with van der Waals surface area (Å²) >= 11 is 0. The van der Waals surface area contributed by atoms with Gasteiger partial charge in [0.2, 0.25) is 5.52 Å². The van der Waals surface area contributed by atoms with Crippen molar-refractivity contribution < 1.29 is 17.7 Å². The monoisotopic (exact) mass is 524 g/mol. The van der Waals surface area contributed by atoms with E-state index in [1.54, 1.807) is 12.4 Å². The number of aryl methyl sites for hydroxylation is 2. The molecule has 0 N–H and O–H groups in total. The van der Waals surface area contributed by atoms with Gasteiger partial charge in [0.15, 0.2) is 5.69 Å². The number of halogens is 3. The molecule has 0 aliphatic carbocycles. The molecule has 0 atom stereocenters. The van der Waals surface area contributed by atoms with E-state index in [0.29, 0.717) is 16.4 Å². The van der Waals surface area contributed by atoms with Gasteiger partial charge in [-0.05, 0) is 75.6 Å². The molecular formula is C33H29F3N3+. The number of hydrogen-bond donors (Lipinski definition) is 0. The van der Waals surface area contributed by atoms with Crippen molar-refractivity contribution in [2.24, 2.45) is 7.05 Å². The molecule has 0 aliphatic rings. The van der Waals surface area contributed by atoms with E-state index in [9.17, 15) is 13.2 Å². The summed E-state index contributed by atoms with van der Waals surface area (Å²) in [7, 11) is 1.95. The molecule has 0 unspecified atom stereocenters. The van der Waals surface area contributed by atoms with Crippen molar-refractivity contribution in [1.29, 1.82) is 0 Å². The average molecular weight is 525 g/mol. The van der Waals surface area contributed by atoms with Crippen LogP contribution in [-0.2, 0) is 18.6 Å². The zero-order valence-corrected chi connectivity index (χ0v) is 22.6. The third-order valence-electron chi connectivity index (χ3n) is 7.60. The standard InChI is InChI=1S/C33H29F3N3/c1-20-23-13-9-10-14-24(23)27(32(2,3)4)18-25(20)30-31-29(37-19-38(30)5)26-17-21(33(34,35)36)15-16-28(26)39(31)22-11-7-6-8-12-22/h6-19H,1-5H3/q+1. The second kappa shape index (κ2) is 8.67. The van der Waals surface area contributed by atoms with E-state index >= 15 is 0 Å². The van der Waals surface area contributed by atoms with Crippen molar-refractivity contribution >= 4 is 32.7 Å². The Labute approximate surface area is 225 Å². The van der Waals surface area contributed by atoms with Crippen molar-refractivity contribution in [3.63, 3.8) is 0 Å². The van der Waals surface area contributed by atoms with Crippen LogP contribution >= 0.6 is 0 Å². The minimum atomic E-state index is -4.45. The predicted molar refractivity (Wildman–Crippen MR) is 151 cm³/mol. The van der Waals surface area contributed by atoms with Gasteiger partial charge in [-0.1, -0.05) is 63.2 Å². The summed E-state index contributed by atoms with van der Waals surface area (Å²) in [5, 5.41) is 2.84. The Balaban J connectivity index is 1.83. The van der Waals surface area contributed by atoms with Gasteiger partial charge in [0.1, 0.15) is 5.52 Å². The highest BCUT2D eigenvalue weighted by Crippen LogP contribution is 2.42. The summed E-state index contributed by atoms with van der Waals surface area (Å²) in [6.45, 7) is 8.73. The molecule has 0 spiro atoms. The van der Waals surface area contributed by atoms with Crippen molar-refractivity contribution in [3.05, 3.63) is 102 Å². The summed E-state index contributed by atoms with van der Waals surface area (Å²) in [5.41, 5.74) is 6.31. The zero-order valence-electron chi connectivity index (χ0n) is 22.6. The van der Waals surface area contributed by atoms with Crippen LogP contribution in [0.2, 0.25) is 0 Å². The maximum atomic E-state index is 13.8. The second-order valence-electron chi connectivity index (χ2n) is 11.2. The van der Waals surface area contributed by atoms with E-state index in [1.165, 1.54) is 17.0 Å². The first-order valence-electron chi connectivity index (χ1n) is 13.0. The molecule has 3 nitrogen and oxygen atoms in total. The first-order chi connectivity index (χ1) is 18.5. The fraction of sp³-hybridized carbons (Fsp3) is 0.212. The number of hydrogen-bond acceptors (Lipinski definition) is 1. The predicted octanol–water partition coefficient (Wildman–Crippen LogP) is 8.45. The third-order valence-corrected chi connectivity index (χ3v) is 7.60. The van der Waals surface area contributed by atoms with Crippen LogP contribution in [0.1, 0.15) is 37.5 Å². The van der Waals surface area contributed by atoms with Crippen LogP contribution in [0.15, 0.2) is 85.2 Å². The lowest BCUT2D eigenvalue weighted by Crippen LogP contribution is -2.32. The van der Waals surface area contributed by atoms with Crippen LogP contribution < -0.4 is 4.57 Å². The van der Waals surface area contributed by atoms with Gasteiger partial charge in [-0.3, -0.25) is 0 Å². The molecule has 0 radical (unpaired) electrons. The number of benzene rings is 4.